The largest absolute Gasteiger partial charge is 0.312 e. The van der Waals surface area contributed by atoms with Crippen LogP contribution in [0.4, 0.5) is 5.13 Å². The molecule has 1 rings (SSSR count). The Morgan fingerprint density at radius 3 is 2.47 bits per heavy atom. The van der Waals surface area contributed by atoms with Crippen molar-refractivity contribution in [1.82, 2.24) is 10.3 Å². The summed E-state index contributed by atoms with van der Waals surface area (Å²) in [6, 6.07) is 0. The molecule has 0 bridgehead atoms. The van der Waals surface area contributed by atoms with E-state index in [4.69, 9.17) is 0 Å². The monoisotopic (exact) mass is 255 g/mol. The minimum Gasteiger partial charge on any atom is -0.312 e. The maximum atomic E-state index is 11.6. The molecular weight excluding hydrogens is 234 g/mol. The van der Waals surface area contributed by atoms with E-state index in [2.05, 4.69) is 36.4 Å². The van der Waals surface area contributed by atoms with Crippen LogP contribution in [0.5, 0.6) is 0 Å². The van der Waals surface area contributed by atoms with Crippen LogP contribution in [0, 0.1) is 13.8 Å². The second kappa shape index (κ2) is 5.60. The summed E-state index contributed by atoms with van der Waals surface area (Å²) >= 11 is 1.52. The highest BCUT2D eigenvalue weighted by atomic mass is 32.1. The van der Waals surface area contributed by atoms with Gasteiger partial charge in [-0.2, -0.15) is 0 Å². The van der Waals surface area contributed by atoms with E-state index in [9.17, 15) is 4.79 Å². The van der Waals surface area contributed by atoms with Crippen LogP contribution in [0.1, 0.15) is 37.8 Å². The van der Waals surface area contributed by atoms with E-state index >= 15 is 0 Å². The fourth-order valence-electron chi connectivity index (χ4n) is 1.26. The summed E-state index contributed by atoms with van der Waals surface area (Å²) in [6.45, 7) is 10.9. The SMILES string of the molecule is Cc1nc(NC(=O)CCNC(C)(C)C)sc1C. The highest BCUT2D eigenvalue weighted by Gasteiger charge is 2.11. The number of rotatable bonds is 4. The van der Waals surface area contributed by atoms with Gasteiger partial charge in [0.15, 0.2) is 5.13 Å². The van der Waals surface area contributed by atoms with Crippen LogP contribution in [0.15, 0.2) is 0 Å². The molecule has 0 aromatic carbocycles. The number of amides is 1. The summed E-state index contributed by atoms with van der Waals surface area (Å²) in [6.07, 6.45) is 0.467. The third-order valence-electron chi connectivity index (χ3n) is 2.28. The summed E-state index contributed by atoms with van der Waals surface area (Å²) in [5, 5.41) is 6.79. The molecule has 5 heteroatoms. The number of aromatic nitrogens is 1. The second-order valence-corrected chi connectivity index (χ2v) is 6.34. The Kier molecular flexibility index (Phi) is 4.65. The van der Waals surface area contributed by atoms with Crippen molar-refractivity contribution in [3.05, 3.63) is 10.6 Å². The normalized spacial score (nSPS) is 11.6. The summed E-state index contributed by atoms with van der Waals surface area (Å²) < 4.78 is 0. The molecule has 0 saturated heterocycles. The molecule has 0 atom stereocenters. The highest BCUT2D eigenvalue weighted by molar-refractivity contribution is 7.15. The average Bonchev–Trinajstić information content (AvgIpc) is 2.43. The number of anilines is 1. The second-order valence-electron chi connectivity index (χ2n) is 5.14. The molecule has 1 aromatic rings. The molecular formula is C12H21N3OS. The van der Waals surface area contributed by atoms with Crippen molar-refractivity contribution in [2.45, 2.75) is 46.6 Å². The van der Waals surface area contributed by atoms with E-state index in [-0.39, 0.29) is 11.4 Å². The zero-order chi connectivity index (χ0) is 13.1. The maximum Gasteiger partial charge on any atom is 0.227 e. The highest BCUT2D eigenvalue weighted by Crippen LogP contribution is 2.20. The fourth-order valence-corrected chi connectivity index (χ4v) is 2.09. The molecule has 1 heterocycles. The van der Waals surface area contributed by atoms with E-state index in [1.165, 1.54) is 11.3 Å². The minimum atomic E-state index is 0.00972. The Bertz CT molecular complexity index is 373. The van der Waals surface area contributed by atoms with Gasteiger partial charge in [-0.25, -0.2) is 4.98 Å². The van der Waals surface area contributed by atoms with Gasteiger partial charge in [-0.15, -0.1) is 11.3 Å². The molecule has 0 fully saturated rings. The van der Waals surface area contributed by atoms with Gasteiger partial charge in [-0.1, -0.05) is 0 Å². The fraction of sp³-hybridized carbons (Fsp3) is 0.667. The predicted octanol–water partition coefficient (Wildman–Crippen LogP) is 2.48. The van der Waals surface area contributed by atoms with Gasteiger partial charge >= 0.3 is 0 Å². The first-order valence-electron chi connectivity index (χ1n) is 5.77. The lowest BCUT2D eigenvalue weighted by Crippen LogP contribution is -2.37. The molecule has 1 amide bonds. The van der Waals surface area contributed by atoms with Crippen LogP contribution in [-0.4, -0.2) is 23.0 Å². The number of nitrogens with one attached hydrogen (secondary N) is 2. The molecule has 0 aliphatic rings. The summed E-state index contributed by atoms with van der Waals surface area (Å²) in [4.78, 5) is 17.1. The summed E-state index contributed by atoms with van der Waals surface area (Å²) in [7, 11) is 0. The third-order valence-corrected chi connectivity index (χ3v) is 3.27. The smallest absolute Gasteiger partial charge is 0.227 e. The van der Waals surface area contributed by atoms with Crippen LogP contribution >= 0.6 is 11.3 Å². The van der Waals surface area contributed by atoms with Gasteiger partial charge in [-0.3, -0.25) is 4.79 Å². The van der Waals surface area contributed by atoms with Crippen molar-refractivity contribution in [1.29, 1.82) is 0 Å². The molecule has 0 unspecified atom stereocenters. The number of thiazole rings is 1. The van der Waals surface area contributed by atoms with Crippen molar-refractivity contribution >= 4 is 22.4 Å². The predicted molar refractivity (Wildman–Crippen MR) is 72.6 cm³/mol. The zero-order valence-electron chi connectivity index (χ0n) is 11.2. The molecule has 0 radical (unpaired) electrons. The number of carbonyl (C=O) groups is 1. The Morgan fingerprint density at radius 1 is 1.35 bits per heavy atom. The minimum absolute atomic E-state index is 0.00972. The molecule has 0 aliphatic carbocycles. The van der Waals surface area contributed by atoms with E-state index in [0.717, 1.165) is 10.6 Å². The number of aryl methyl sites for hydroxylation is 2. The standard InChI is InChI=1S/C12H21N3OS/c1-8-9(2)17-11(14-8)15-10(16)6-7-13-12(3,4)5/h13H,6-7H2,1-5H3,(H,14,15,16). The van der Waals surface area contributed by atoms with Gasteiger partial charge in [0.05, 0.1) is 5.69 Å². The Hall–Kier alpha value is -0.940. The van der Waals surface area contributed by atoms with E-state index < -0.39 is 0 Å². The lowest BCUT2D eigenvalue weighted by molar-refractivity contribution is -0.116. The molecule has 0 aliphatic heterocycles. The first kappa shape index (κ1) is 14.1. The Morgan fingerprint density at radius 2 is 2.00 bits per heavy atom. The maximum absolute atomic E-state index is 11.6. The Labute approximate surface area is 107 Å². The molecule has 0 spiro atoms. The summed E-state index contributed by atoms with van der Waals surface area (Å²) in [5.74, 6) is 0.00972. The lowest BCUT2D eigenvalue weighted by atomic mass is 10.1. The van der Waals surface area contributed by atoms with Crippen LogP contribution < -0.4 is 10.6 Å². The zero-order valence-corrected chi connectivity index (χ0v) is 12.0. The van der Waals surface area contributed by atoms with Gasteiger partial charge in [0.25, 0.3) is 0 Å². The molecule has 1 aromatic heterocycles. The van der Waals surface area contributed by atoms with Crippen molar-refractivity contribution in [3.8, 4) is 0 Å². The van der Waals surface area contributed by atoms with E-state index in [0.29, 0.717) is 18.1 Å². The molecule has 0 saturated carbocycles. The van der Waals surface area contributed by atoms with Crippen molar-refractivity contribution < 1.29 is 4.79 Å². The lowest BCUT2D eigenvalue weighted by Gasteiger charge is -2.19. The Balaban J connectivity index is 2.35. The summed E-state index contributed by atoms with van der Waals surface area (Å²) in [5.41, 5.74) is 1.03. The number of hydrogen-bond acceptors (Lipinski definition) is 4. The number of carbonyl (C=O) groups excluding carboxylic acids is 1. The van der Waals surface area contributed by atoms with Gasteiger partial charge in [0, 0.05) is 23.4 Å². The third kappa shape index (κ3) is 5.28. The molecule has 17 heavy (non-hydrogen) atoms. The van der Waals surface area contributed by atoms with Crippen molar-refractivity contribution in [2.24, 2.45) is 0 Å². The van der Waals surface area contributed by atoms with Crippen molar-refractivity contribution in [2.75, 3.05) is 11.9 Å². The quantitative estimate of drug-likeness (QED) is 0.869. The first-order chi connectivity index (χ1) is 7.78. The van der Waals surface area contributed by atoms with Crippen LogP contribution in [0.3, 0.4) is 0 Å². The van der Waals surface area contributed by atoms with Crippen LogP contribution in [0.25, 0.3) is 0 Å². The van der Waals surface area contributed by atoms with Gasteiger partial charge in [0.1, 0.15) is 0 Å². The van der Waals surface area contributed by atoms with Gasteiger partial charge in [0.2, 0.25) is 5.91 Å². The molecule has 2 N–H and O–H groups in total. The van der Waals surface area contributed by atoms with Gasteiger partial charge < -0.3 is 10.6 Å². The van der Waals surface area contributed by atoms with Crippen LogP contribution in [-0.2, 0) is 4.79 Å². The topological polar surface area (TPSA) is 54.0 Å². The van der Waals surface area contributed by atoms with E-state index in [1.807, 2.05) is 13.8 Å². The number of hydrogen-bond donors (Lipinski definition) is 2. The van der Waals surface area contributed by atoms with Crippen molar-refractivity contribution in [3.63, 3.8) is 0 Å². The average molecular weight is 255 g/mol. The molecule has 96 valence electrons. The first-order valence-corrected chi connectivity index (χ1v) is 6.58. The number of nitrogens with zero attached hydrogens (tertiary/aromatic N) is 1. The van der Waals surface area contributed by atoms with E-state index in [1.54, 1.807) is 0 Å². The van der Waals surface area contributed by atoms with Crippen LogP contribution in [0.2, 0.25) is 0 Å². The van der Waals surface area contributed by atoms with Gasteiger partial charge in [-0.05, 0) is 34.6 Å². The molecule has 4 nitrogen and oxygen atoms in total.